The zero-order chi connectivity index (χ0) is 17.8. The fourth-order valence-corrected chi connectivity index (χ4v) is 3.25. The molecule has 7 heteroatoms. The van der Waals surface area contributed by atoms with Crippen LogP contribution in [0.5, 0.6) is 11.5 Å². The number of amides is 1. The van der Waals surface area contributed by atoms with Crippen LogP contribution in [-0.2, 0) is 11.8 Å². The van der Waals surface area contributed by atoms with E-state index in [9.17, 15) is 4.79 Å². The van der Waals surface area contributed by atoms with Crippen molar-refractivity contribution < 1.29 is 14.3 Å². The molecule has 0 fully saturated rings. The highest BCUT2D eigenvalue weighted by atomic mass is 32.2. The van der Waals surface area contributed by atoms with Crippen LogP contribution < -0.4 is 14.8 Å². The average Bonchev–Trinajstić information content (AvgIpc) is 2.96. The van der Waals surface area contributed by atoms with E-state index in [2.05, 4.69) is 10.3 Å². The van der Waals surface area contributed by atoms with Crippen LogP contribution in [0.1, 0.15) is 0 Å². The van der Waals surface area contributed by atoms with Gasteiger partial charge >= 0.3 is 0 Å². The molecule has 0 aliphatic rings. The number of methoxy groups -OCH3 is 2. The molecule has 0 saturated heterocycles. The van der Waals surface area contributed by atoms with E-state index in [0.717, 1.165) is 16.2 Å². The standard InChI is InChI=1S/C18H19N3O3S/c1-21-16-7-5-4-6-15(16)20-18(21)25-11-17(22)19-12-8-13(23-2)10-14(9-12)24-3/h4-10H,11H2,1-3H3,(H,19,22). The van der Waals surface area contributed by atoms with Gasteiger partial charge in [-0.1, -0.05) is 23.9 Å². The molecule has 130 valence electrons. The van der Waals surface area contributed by atoms with Gasteiger partial charge in [0.25, 0.3) is 0 Å². The number of thioether (sulfide) groups is 1. The predicted octanol–water partition coefficient (Wildman–Crippen LogP) is 3.32. The third-order valence-corrected chi connectivity index (χ3v) is 4.74. The van der Waals surface area contributed by atoms with Gasteiger partial charge in [-0.3, -0.25) is 4.79 Å². The van der Waals surface area contributed by atoms with Crippen molar-refractivity contribution in [2.45, 2.75) is 5.16 Å². The van der Waals surface area contributed by atoms with Crippen molar-refractivity contribution in [1.82, 2.24) is 9.55 Å². The van der Waals surface area contributed by atoms with Crippen molar-refractivity contribution in [1.29, 1.82) is 0 Å². The number of hydrogen-bond donors (Lipinski definition) is 1. The zero-order valence-corrected chi connectivity index (χ0v) is 15.1. The van der Waals surface area contributed by atoms with Crippen molar-refractivity contribution in [3.63, 3.8) is 0 Å². The number of ether oxygens (including phenoxy) is 2. The number of carbonyl (C=O) groups is 1. The Labute approximate surface area is 150 Å². The summed E-state index contributed by atoms with van der Waals surface area (Å²) < 4.78 is 12.4. The third kappa shape index (κ3) is 3.88. The van der Waals surface area contributed by atoms with Crippen LogP contribution >= 0.6 is 11.8 Å². The molecule has 0 aliphatic carbocycles. The van der Waals surface area contributed by atoms with Gasteiger partial charge in [-0.15, -0.1) is 0 Å². The van der Waals surface area contributed by atoms with Gasteiger partial charge in [-0.25, -0.2) is 4.98 Å². The largest absolute Gasteiger partial charge is 0.497 e. The zero-order valence-electron chi connectivity index (χ0n) is 14.3. The van der Waals surface area contributed by atoms with Crippen molar-refractivity contribution >= 4 is 34.4 Å². The molecule has 1 heterocycles. The Morgan fingerprint density at radius 2 is 1.84 bits per heavy atom. The number of anilines is 1. The molecule has 2 aromatic carbocycles. The first-order valence-corrected chi connectivity index (χ1v) is 8.66. The summed E-state index contributed by atoms with van der Waals surface area (Å²) in [5, 5.41) is 3.66. The highest BCUT2D eigenvalue weighted by Crippen LogP contribution is 2.26. The van der Waals surface area contributed by atoms with E-state index < -0.39 is 0 Å². The first kappa shape index (κ1) is 17.2. The Morgan fingerprint density at radius 1 is 1.16 bits per heavy atom. The lowest BCUT2D eigenvalue weighted by atomic mass is 10.2. The smallest absolute Gasteiger partial charge is 0.234 e. The molecule has 3 aromatic rings. The van der Waals surface area contributed by atoms with E-state index in [1.165, 1.54) is 11.8 Å². The Bertz CT molecular complexity index is 885. The van der Waals surface area contributed by atoms with Crippen LogP contribution in [0.15, 0.2) is 47.6 Å². The van der Waals surface area contributed by atoms with Crippen molar-refractivity contribution in [2.24, 2.45) is 7.05 Å². The van der Waals surface area contributed by atoms with Crippen LogP contribution in [0.25, 0.3) is 11.0 Å². The van der Waals surface area contributed by atoms with Crippen LogP contribution in [0.2, 0.25) is 0 Å². The highest BCUT2D eigenvalue weighted by Gasteiger charge is 2.11. The molecule has 1 aromatic heterocycles. The molecular formula is C18H19N3O3S. The number of fused-ring (bicyclic) bond motifs is 1. The Kier molecular flexibility index (Phi) is 5.14. The molecule has 1 N–H and O–H groups in total. The molecule has 0 radical (unpaired) electrons. The van der Waals surface area contributed by atoms with Gasteiger partial charge in [0.2, 0.25) is 5.91 Å². The minimum Gasteiger partial charge on any atom is -0.497 e. The van der Waals surface area contributed by atoms with Crippen molar-refractivity contribution in [2.75, 3.05) is 25.3 Å². The van der Waals surface area contributed by atoms with E-state index >= 15 is 0 Å². The molecule has 0 bridgehead atoms. The average molecular weight is 357 g/mol. The van der Waals surface area contributed by atoms with Crippen LogP contribution in [-0.4, -0.2) is 35.4 Å². The van der Waals surface area contributed by atoms with E-state index in [4.69, 9.17) is 9.47 Å². The van der Waals surface area contributed by atoms with E-state index in [1.807, 2.05) is 35.9 Å². The summed E-state index contributed by atoms with van der Waals surface area (Å²) in [6, 6.07) is 13.1. The van der Waals surface area contributed by atoms with Gasteiger partial charge in [0.15, 0.2) is 5.16 Å². The summed E-state index contributed by atoms with van der Waals surface area (Å²) in [4.78, 5) is 16.8. The first-order chi connectivity index (χ1) is 12.1. The van der Waals surface area contributed by atoms with Gasteiger partial charge in [0.1, 0.15) is 11.5 Å². The second kappa shape index (κ2) is 7.48. The van der Waals surface area contributed by atoms with Gasteiger partial charge < -0.3 is 19.4 Å². The SMILES string of the molecule is COc1cc(NC(=O)CSc2nc3ccccc3n2C)cc(OC)c1. The summed E-state index contributed by atoms with van der Waals surface area (Å²) >= 11 is 1.40. The summed E-state index contributed by atoms with van der Waals surface area (Å²) in [5.74, 6) is 1.39. The Morgan fingerprint density at radius 3 is 2.48 bits per heavy atom. The number of nitrogens with one attached hydrogen (secondary N) is 1. The molecule has 3 rings (SSSR count). The molecule has 6 nitrogen and oxygen atoms in total. The van der Waals surface area contributed by atoms with E-state index in [0.29, 0.717) is 17.2 Å². The number of aromatic nitrogens is 2. The van der Waals surface area contributed by atoms with Crippen LogP contribution in [0.4, 0.5) is 5.69 Å². The number of benzene rings is 2. The summed E-state index contributed by atoms with van der Waals surface area (Å²) in [6.45, 7) is 0. The maximum absolute atomic E-state index is 12.3. The minimum atomic E-state index is -0.118. The van der Waals surface area contributed by atoms with E-state index in [1.54, 1.807) is 32.4 Å². The molecule has 25 heavy (non-hydrogen) atoms. The lowest BCUT2D eigenvalue weighted by Crippen LogP contribution is -2.14. The monoisotopic (exact) mass is 357 g/mol. The second-order valence-electron chi connectivity index (χ2n) is 5.38. The number of nitrogens with zero attached hydrogens (tertiary/aromatic N) is 2. The second-order valence-corrected chi connectivity index (χ2v) is 6.32. The number of aryl methyl sites for hydroxylation is 1. The number of para-hydroxylation sites is 2. The number of carbonyl (C=O) groups excluding carboxylic acids is 1. The number of hydrogen-bond acceptors (Lipinski definition) is 5. The topological polar surface area (TPSA) is 65.4 Å². The molecule has 0 aliphatic heterocycles. The quantitative estimate of drug-likeness (QED) is 0.686. The van der Waals surface area contributed by atoms with Gasteiger partial charge in [0.05, 0.1) is 31.0 Å². The third-order valence-electron chi connectivity index (χ3n) is 3.71. The lowest BCUT2D eigenvalue weighted by molar-refractivity contribution is -0.113. The highest BCUT2D eigenvalue weighted by molar-refractivity contribution is 7.99. The molecule has 0 unspecified atom stereocenters. The van der Waals surface area contributed by atoms with Crippen molar-refractivity contribution in [3.8, 4) is 11.5 Å². The molecule has 0 atom stereocenters. The normalized spacial score (nSPS) is 10.7. The molecule has 0 saturated carbocycles. The number of imidazole rings is 1. The maximum atomic E-state index is 12.3. The first-order valence-electron chi connectivity index (χ1n) is 7.68. The Balaban J connectivity index is 1.67. The predicted molar refractivity (Wildman–Crippen MR) is 99.6 cm³/mol. The minimum absolute atomic E-state index is 0.118. The lowest BCUT2D eigenvalue weighted by Gasteiger charge is -2.09. The van der Waals surface area contributed by atoms with Gasteiger partial charge in [-0.05, 0) is 12.1 Å². The Hall–Kier alpha value is -2.67. The summed E-state index contributed by atoms with van der Waals surface area (Å²) in [6.07, 6.45) is 0. The fraction of sp³-hybridized carbons (Fsp3) is 0.222. The number of rotatable bonds is 6. The van der Waals surface area contributed by atoms with Crippen LogP contribution in [0, 0.1) is 0 Å². The maximum Gasteiger partial charge on any atom is 0.234 e. The molecule has 0 spiro atoms. The van der Waals surface area contributed by atoms with Crippen molar-refractivity contribution in [3.05, 3.63) is 42.5 Å². The summed E-state index contributed by atoms with van der Waals surface area (Å²) in [5.41, 5.74) is 2.60. The summed E-state index contributed by atoms with van der Waals surface area (Å²) in [7, 11) is 5.09. The molecule has 1 amide bonds. The van der Waals surface area contributed by atoms with Gasteiger partial charge in [-0.2, -0.15) is 0 Å². The molecular weight excluding hydrogens is 338 g/mol. The van der Waals surface area contributed by atoms with Crippen LogP contribution in [0.3, 0.4) is 0 Å². The van der Waals surface area contributed by atoms with E-state index in [-0.39, 0.29) is 11.7 Å². The fourth-order valence-electron chi connectivity index (χ4n) is 2.46. The van der Waals surface area contributed by atoms with Gasteiger partial charge in [0, 0.05) is 30.9 Å².